The Morgan fingerprint density at radius 1 is 1.18 bits per heavy atom. The highest BCUT2D eigenvalue weighted by Gasteiger charge is 2.23. The van der Waals surface area contributed by atoms with Gasteiger partial charge < -0.3 is 5.11 Å². The second-order valence-corrected chi connectivity index (χ2v) is 5.23. The maximum absolute atomic E-state index is 11.9. The maximum atomic E-state index is 11.9. The first-order valence-electron chi connectivity index (χ1n) is 6.24. The highest BCUT2D eigenvalue weighted by Crippen LogP contribution is 2.34. The van der Waals surface area contributed by atoms with E-state index in [4.69, 9.17) is 0 Å². The van der Waals surface area contributed by atoms with Crippen LogP contribution in [0.2, 0.25) is 0 Å². The number of carbonyl (C=O) groups excluding carboxylic acids is 1. The van der Waals surface area contributed by atoms with Gasteiger partial charge in [0.05, 0.1) is 0 Å². The fourth-order valence-corrected chi connectivity index (χ4v) is 1.96. The lowest BCUT2D eigenvalue weighted by Crippen LogP contribution is -2.16. The summed E-state index contributed by atoms with van der Waals surface area (Å²) in [5, 5.41) is 9.87. The molecule has 94 valence electrons. The SMILES string of the molecule is CC(C)C(=O)CC(c1ccccc1O)C(C)C. The van der Waals surface area contributed by atoms with Crippen molar-refractivity contribution < 1.29 is 9.90 Å². The Balaban J connectivity index is 2.95. The molecule has 0 heterocycles. The van der Waals surface area contributed by atoms with E-state index in [-0.39, 0.29) is 17.6 Å². The summed E-state index contributed by atoms with van der Waals surface area (Å²) < 4.78 is 0. The topological polar surface area (TPSA) is 37.3 Å². The molecule has 2 nitrogen and oxygen atoms in total. The maximum Gasteiger partial charge on any atom is 0.136 e. The first kappa shape index (κ1) is 13.8. The summed E-state index contributed by atoms with van der Waals surface area (Å²) in [5.74, 6) is 1.05. The lowest BCUT2D eigenvalue weighted by molar-refractivity contribution is -0.122. The predicted octanol–water partition coefficient (Wildman–Crippen LogP) is 3.75. The molecular weight excluding hydrogens is 212 g/mol. The number of ketones is 1. The lowest BCUT2D eigenvalue weighted by Gasteiger charge is -2.22. The zero-order chi connectivity index (χ0) is 13.0. The molecule has 0 aliphatic heterocycles. The molecule has 1 rings (SSSR count). The first-order chi connectivity index (χ1) is 7.93. The van der Waals surface area contributed by atoms with Crippen LogP contribution < -0.4 is 0 Å². The van der Waals surface area contributed by atoms with Crippen LogP contribution in [0.4, 0.5) is 0 Å². The van der Waals surface area contributed by atoms with Crippen LogP contribution in [0.25, 0.3) is 0 Å². The number of phenols is 1. The van der Waals surface area contributed by atoms with Crippen molar-refractivity contribution in [3.63, 3.8) is 0 Å². The second kappa shape index (κ2) is 5.85. The van der Waals surface area contributed by atoms with E-state index >= 15 is 0 Å². The zero-order valence-corrected chi connectivity index (χ0v) is 11.1. The molecule has 1 aromatic carbocycles. The van der Waals surface area contributed by atoms with Gasteiger partial charge in [-0.1, -0.05) is 45.9 Å². The fourth-order valence-electron chi connectivity index (χ4n) is 1.96. The largest absolute Gasteiger partial charge is 0.508 e. The van der Waals surface area contributed by atoms with Crippen LogP contribution in [0.3, 0.4) is 0 Å². The molecule has 0 saturated heterocycles. The van der Waals surface area contributed by atoms with Crippen molar-refractivity contribution in [2.45, 2.75) is 40.0 Å². The molecule has 0 amide bonds. The quantitative estimate of drug-likeness (QED) is 0.842. The van der Waals surface area contributed by atoms with Gasteiger partial charge in [-0.15, -0.1) is 0 Å². The third kappa shape index (κ3) is 3.58. The molecule has 2 heteroatoms. The van der Waals surface area contributed by atoms with Gasteiger partial charge in [0, 0.05) is 12.3 Å². The standard InChI is InChI=1S/C15H22O2/c1-10(2)13(9-15(17)11(3)4)12-7-5-6-8-14(12)16/h5-8,10-11,13,16H,9H2,1-4H3. The molecule has 0 aliphatic rings. The van der Waals surface area contributed by atoms with Crippen LogP contribution in [-0.2, 0) is 4.79 Å². The summed E-state index contributed by atoms with van der Waals surface area (Å²) in [6.07, 6.45) is 0.507. The molecule has 0 fully saturated rings. The Kier molecular flexibility index (Phi) is 4.73. The molecule has 0 spiro atoms. The molecule has 1 N–H and O–H groups in total. The highest BCUT2D eigenvalue weighted by molar-refractivity contribution is 5.81. The third-order valence-corrected chi connectivity index (χ3v) is 3.21. The summed E-state index contributed by atoms with van der Waals surface area (Å²) >= 11 is 0. The minimum atomic E-state index is 0.0575. The van der Waals surface area contributed by atoms with Crippen molar-refractivity contribution in [1.29, 1.82) is 0 Å². The van der Waals surface area contributed by atoms with Gasteiger partial charge in [0.15, 0.2) is 0 Å². The van der Waals surface area contributed by atoms with Crippen molar-refractivity contribution in [3.05, 3.63) is 29.8 Å². The number of hydrogen-bond donors (Lipinski definition) is 1. The van der Waals surface area contributed by atoms with Crippen molar-refractivity contribution in [1.82, 2.24) is 0 Å². The van der Waals surface area contributed by atoms with Gasteiger partial charge in [0.1, 0.15) is 11.5 Å². The van der Waals surface area contributed by atoms with Gasteiger partial charge in [-0.3, -0.25) is 4.79 Å². The van der Waals surface area contributed by atoms with Gasteiger partial charge in [-0.25, -0.2) is 0 Å². The van der Waals surface area contributed by atoms with Crippen LogP contribution >= 0.6 is 0 Å². The number of hydrogen-bond acceptors (Lipinski definition) is 2. The summed E-state index contributed by atoms with van der Waals surface area (Å²) in [5.41, 5.74) is 0.886. The number of para-hydroxylation sites is 1. The number of Topliss-reactive ketones (excluding diaryl/α,β-unsaturated/α-hetero) is 1. The second-order valence-electron chi connectivity index (χ2n) is 5.23. The van der Waals surface area contributed by atoms with Gasteiger partial charge >= 0.3 is 0 Å². The molecule has 0 aliphatic carbocycles. The molecule has 1 unspecified atom stereocenters. The summed E-state index contributed by atoms with van der Waals surface area (Å²) in [6, 6.07) is 7.31. The number of aromatic hydroxyl groups is 1. The fraction of sp³-hybridized carbons (Fsp3) is 0.533. The van der Waals surface area contributed by atoms with E-state index < -0.39 is 0 Å². The summed E-state index contributed by atoms with van der Waals surface area (Å²) in [4.78, 5) is 11.9. The predicted molar refractivity (Wildman–Crippen MR) is 70.1 cm³/mol. The van der Waals surface area contributed by atoms with E-state index in [1.54, 1.807) is 12.1 Å². The average Bonchev–Trinajstić information content (AvgIpc) is 2.26. The van der Waals surface area contributed by atoms with Crippen molar-refractivity contribution >= 4 is 5.78 Å². The molecule has 0 saturated carbocycles. The molecular formula is C15H22O2. The minimum Gasteiger partial charge on any atom is -0.508 e. The summed E-state index contributed by atoms with van der Waals surface area (Å²) in [7, 11) is 0. The highest BCUT2D eigenvalue weighted by atomic mass is 16.3. The Morgan fingerprint density at radius 2 is 1.76 bits per heavy atom. The van der Waals surface area contributed by atoms with E-state index in [0.717, 1.165) is 5.56 Å². The molecule has 0 bridgehead atoms. The van der Waals surface area contributed by atoms with Gasteiger partial charge in [0.2, 0.25) is 0 Å². The monoisotopic (exact) mass is 234 g/mol. The van der Waals surface area contributed by atoms with E-state index in [1.807, 2.05) is 26.0 Å². The molecule has 17 heavy (non-hydrogen) atoms. The van der Waals surface area contributed by atoms with Crippen LogP contribution in [-0.4, -0.2) is 10.9 Å². The van der Waals surface area contributed by atoms with Gasteiger partial charge in [0.25, 0.3) is 0 Å². The first-order valence-corrected chi connectivity index (χ1v) is 6.24. The van der Waals surface area contributed by atoms with Crippen molar-refractivity contribution in [3.8, 4) is 5.75 Å². The Hall–Kier alpha value is -1.31. The molecule has 1 atom stereocenters. The minimum absolute atomic E-state index is 0.0575. The van der Waals surface area contributed by atoms with Crippen LogP contribution in [0.1, 0.15) is 45.6 Å². The smallest absolute Gasteiger partial charge is 0.136 e. The van der Waals surface area contributed by atoms with Crippen molar-refractivity contribution in [2.75, 3.05) is 0 Å². The zero-order valence-electron chi connectivity index (χ0n) is 11.1. The normalized spacial score (nSPS) is 13.1. The Labute approximate surface area is 104 Å². The van der Waals surface area contributed by atoms with E-state index in [9.17, 15) is 9.90 Å². The molecule has 1 aromatic rings. The van der Waals surface area contributed by atoms with E-state index in [1.165, 1.54) is 0 Å². The van der Waals surface area contributed by atoms with Gasteiger partial charge in [-0.2, -0.15) is 0 Å². The van der Waals surface area contributed by atoms with Crippen molar-refractivity contribution in [2.24, 2.45) is 11.8 Å². The molecule has 0 aromatic heterocycles. The lowest BCUT2D eigenvalue weighted by atomic mass is 9.82. The Morgan fingerprint density at radius 3 is 2.24 bits per heavy atom. The number of phenolic OH excluding ortho intramolecular Hbond substituents is 1. The van der Waals surface area contributed by atoms with Gasteiger partial charge in [-0.05, 0) is 23.5 Å². The van der Waals surface area contributed by atoms with Crippen LogP contribution in [0.15, 0.2) is 24.3 Å². The number of carbonyl (C=O) groups is 1. The van der Waals surface area contributed by atoms with E-state index in [2.05, 4.69) is 13.8 Å². The number of rotatable bonds is 5. The Bertz CT molecular complexity index is 380. The molecule has 0 radical (unpaired) electrons. The van der Waals surface area contributed by atoms with Crippen LogP contribution in [0.5, 0.6) is 5.75 Å². The number of benzene rings is 1. The van der Waals surface area contributed by atoms with Crippen LogP contribution in [0, 0.1) is 11.8 Å². The third-order valence-electron chi connectivity index (χ3n) is 3.21. The van der Waals surface area contributed by atoms with E-state index in [0.29, 0.717) is 18.1 Å². The average molecular weight is 234 g/mol. The summed E-state index contributed by atoms with van der Waals surface area (Å²) in [6.45, 7) is 8.02.